The fourth-order valence-corrected chi connectivity index (χ4v) is 1.09. The highest BCUT2D eigenvalue weighted by molar-refractivity contribution is 5.57. The standard InChI is InChI=1S/C9H8N3/c1-12-9(7-10-11-12)8-5-3-2-4-6-8/h2-7H,1H2. The molecule has 1 heterocycles. The van der Waals surface area contributed by atoms with Crippen molar-refractivity contribution in [2.45, 2.75) is 0 Å². The second-order valence-electron chi connectivity index (χ2n) is 2.48. The van der Waals surface area contributed by atoms with Gasteiger partial charge in [0.15, 0.2) is 0 Å². The van der Waals surface area contributed by atoms with Gasteiger partial charge in [-0.3, -0.25) is 0 Å². The lowest BCUT2D eigenvalue weighted by molar-refractivity contribution is 0.804. The van der Waals surface area contributed by atoms with E-state index in [0.29, 0.717) is 0 Å². The number of hydrogen-bond donors (Lipinski definition) is 0. The van der Waals surface area contributed by atoms with E-state index in [1.165, 1.54) is 4.68 Å². The molecule has 0 aliphatic carbocycles. The van der Waals surface area contributed by atoms with Gasteiger partial charge in [0.1, 0.15) is 0 Å². The third-order valence-electron chi connectivity index (χ3n) is 1.69. The van der Waals surface area contributed by atoms with Crippen LogP contribution in [0.15, 0.2) is 36.5 Å². The minimum absolute atomic E-state index is 0.926. The van der Waals surface area contributed by atoms with Crippen molar-refractivity contribution in [2.24, 2.45) is 0 Å². The van der Waals surface area contributed by atoms with Crippen molar-refractivity contribution >= 4 is 0 Å². The van der Waals surface area contributed by atoms with Crippen LogP contribution in [0.2, 0.25) is 0 Å². The molecular weight excluding hydrogens is 150 g/mol. The zero-order valence-corrected chi connectivity index (χ0v) is 6.51. The zero-order valence-electron chi connectivity index (χ0n) is 6.51. The predicted octanol–water partition coefficient (Wildman–Crippen LogP) is 1.58. The third kappa shape index (κ3) is 1.09. The number of hydrogen-bond acceptors (Lipinski definition) is 2. The van der Waals surface area contributed by atoms with Crippen molar-refractivity contribution in [1.82, 2.24) is 15.0 Å². The van der Waals surface area contributed by atoms with E-state index in [-0.39, 0.29) is 0 Å². The SMILES string of the molecule is [CH2]n1nncc1-c1ccccc1. The predicted molar refractivity (Wildman–Crippen MR) is 46.2 cm³/mol. The van der Waals surface area contributed by atoms with Crippen molar-refractivity contribution in [3.63, 3.8) is 0 Å². The Kier molecular flexibility index (Phi) is 1.63. The van der Waals surface area contributed by atoms with Gasteiger partial charge in [-0.15, -0.1) is 5.10 Å². The van der Waals surface area contributed by atoms with Crippen LogP contribution in [0.4, 0.5) is 0 Å². The van der Waals surface area contributed by atoms with Crippen molar-refractivity contribution in [3.05, 3.63) is 43.6 Å². The highest BCUT2D eigenvalue weighted by Gasteiger charge is 2.00. The molecule has 0 amide bonds. The summed E-state index contributed by atoms with van der Waals surface area (Å²) < 4.78 is 1.51. The van der Waals surface area contributed by atoms with Gasteiger partial charge in [0.25, 0.3) is 0 Å². The van der Waals surface area contributed by atoms with Gasteiger partial charge >= 0.3 is 0 Å². The van der Waals surface area contributed by atoms with Gasteiger partial charge in [0, 0.05) is 5.56 Å². The van der Waals surface area contributed by atoms with Crippen molar-refractivity contribution in [2.75, 3.05) is 0 Å². The van der Waals surface area contributed by atoms with Crippen LogP contribution in [0, 0.1) is 7.05 Å². The van der Waals surface area contributed by atoms with E-state index in [2.05, 4.69) is 17.4 Å². The number of aromatic nitrogens is 3. The number of benzene rings is 1. The number of nitrogens with zero attached hydrogens (tertiary/aromatic N) is 3. The van der Waals surface area contributed by atoms with Gasteiger partial charge in [-0.2, -0.15) is 0 Å². The highest BCUT2D eigenvalue weighted by atomic mass is 15.4. The minimum atomic E-state index is 0.926. The quantitative estimate of drug-likeness (QED) is 0.631. The molecular formula is C9H8N3. The Hall–Kier alpha value is -1.64. The molecule has 0 saturated carbocycles. The van der Waals surface area contributed by atoms with E-state index in [4.69, 9.17) is 0 Å². The zero-order chi connectivity index (χ0) is 8.39. The summed E-state index contributed by atoms with van der Waals surface area (Å²) in [6, 6.07) is 9.92. The van der Waals surface area contributed by atoms with Gasteiger partial charge < -0.3 is 0 Å². The first kappa shape index (κ1) is 7.03. The summed E-state index contributed by atoms with van der Waals surface area (Å²) in [7, 11) is 3.70. The van der Waals surface area contributed by atoms with Gasteiger partial charge in [0.05, 0.1) is 18.9 Å². The largest absolute Gasteiger partial charge is 0.243 e. The average Bonchev–Trinajstić information content (AvgIpc) is 2.53. The molecule has 0 N–H and O–H groups in total. The van der Waals surface area contributed by atoms with Gasteiger partial charge in [-0.25, -0.2) is 4.68 Å². The Balaban J connectivity index is 2.51. The Morgan fingerprint density at radius 2 is 1.92 bits per heavy atom. The first-order valence-corrected chi connectivity index (χ1v) is 3.65. The highest BCUT2D eigenvalue weighted by Crippen LogP contribution is 2.15. The first-order chi connectivity index (χ1) is 5.88. The van der Waals surface area contributed by atoms with E-state index in [1.54, 1.807) is 6.20 Å². The molecule has 3 heteroatoms. The van der Waals surface area contributed by atoms with Crippen LogP contribution < -0.4 is 0 Å². The van der Waals surface area contributed by atoms with Gasteiger partial charge in [-0.05, 0) is 0 Å². The summed E-state index contributed by atoms with van der Waals surface area (Å²) >= 11 is 0. The van der Waals surface area contributed by atoms with Gasteiger partial charge in [-0.1, -0.05) is 35.5 Å². The third-order valence-corrected chi connectivity index (χ3v) is 1.69. The average molecular weight is 158 g/mol. The molecule has 0 saturated heterocycles. The lowest BCUT2D eigenvalue weighted by Gasteiger charge is -1.97. The Morgan fingerprint density at radius 1 is 1.17 bits per heavy atom. The normalized spacial score (nSPS) is 10.1. The molecule has 59 valence electrons. The topological polar surface area (TPSA) is 30.7 Å². The van der Waals surface area contributed by atoms with Crippen LogP contribution in [0.1, 0.15) is 0 Å². The summed E-state index contributed by atoms with van der Waals surface area (Å²) in [5.74, 6) is 0. The summed E-state index contributed by atoms with van der Waals surface area (Å²) in [5, 5.41) is 7.50. The number of rotatable bonds is 1. The fourth-order valence-electron chi connectivity index (χ4n) is 1.09. The molecule has 2 aromatic rings. The monoisotopic (exact) mass is 158 g/mol. The van der Waals surface area contributed by atoms with Crippen LogP contribution in [0.3, 0.4) is 0 Å². The molecule has 1 aromatic heterocycles. The molecule has 3 nitrogen and oxygen atoms in total. The second kappa shape index (κ2) is 2.77. The molecule has 0 spiro atoms. The van der Waals surface area contributed by atoms with Gasteiger partial charge in [0.2, 0.25) is 0 Å². The fraction of sp³-hybridized carbons (Fsp3) is 0. The maximum absolute atomic E-state index is 3.75. The summed E-state index contributed by atoms with van der Waals surface area (Å²) in [6.07, 6.45) is 1.70. The van der Waals surface area contributed by atoms with Crippen LogP contribution in [0.25, 0.3) is 11.3 Å². The molecule has 0 bridgehead atoms. The van der Waals surface area contributed by atoms with E-state index < -0.39 is 0 Å². The van der Waals surface area contributed by atoms with E-state index in [1.807, 2.05) is 30.3 Å². The first-order valence-electron chi connectivity index (χ1n) is 3.65. The molecule has 1 aromatic carbocycles. The maximum atomic E-state index is 3.75. The van der Waals surface area contributed by atoms with E-state index in [0.717, 1.165) is 11.3 Å². The van der Waals surface area contributed by atoms with Crippen molar-refractivity contribution in [1.29, 1.82) is 0 Å². The molecule has 0 atom stereocenters. The molecule has 0 aliphatic rings. The van der Waals surface area contributed by atoms with Crippen LogP contribution in [0.5, 0.6) is 0 Å². The molecule has 1 radical (unpaired) electrons. The van der Waals surface area contributed by atoms with E-state index in [9.17, 15) is 0 Å². The second-order valence-corrected chi connectivity index (χ2v) is 2.48. The molecule has 0 fully saturated rings. The van der Waals surface area contributed by atoms with Crippen molar-refractivity contribution in [3.8, 4) is 11.3 Å². The molecule has 0 aliphatic heterocycles. The summed E-state index contributed by atoms with van der Waals surface area (Å²) in [4.78, 5) is 0. The van der Waals surface area contributed by atoms with Crippen LogP contribution in [-0.4, -0.2) is 15.0 Å². The van der Waals surface area contributed by atoms with E-state index >= 15 is 0 Å². The summed E-state index contributed by atoms with van der Waals surface area (Å²) in [6.45, 7) is 0. The smallest absolute Gasteiger partial charge is 0.0886 e. The molecule has 0 unspecified atom stereocenters. The van der Waals surface area contributed by atoms with Crippen LogP contribution >= 0.6 is 0 Å². The minimum Gasteiger partial charge on any atom is -0.243 e. The van der Waals surface area contributed by atoms with Crippen molar-refractivity contribution < 1.29 is 0 Å². The molecule has 2 rings (SSSR count). The lowest BCUT2D eigenvalue weighted by Crippen LogP contribution is -1.90. The summed E-state index contributed by atoms with van der Waals surface area (Å²) in [5.41, 5.74) is 2.01. The molecule has 12 heavy (non-hydrogen) atoms. The Bertz CT molecular complexity index is 364. The maximum Gasteiger partial charge on any atom is 0.0886 e. The van der Waals surface area contributed by atoms with Crippen LogP contribution in [-0.2, 0) is 0 Å². The Morgan fingerprint density at radius 3 is 2.50 bits per heavy atom. The lowest BCUT2D eigenvalue weighted by atomic mass is 10.2. The Labute approximate surface area is 70.6 Å².